The van der Waals surface area contributed by atoms with E-state index in [9.17, 15) is 13.6 Å². The fourth-order valence-corrected chi connectivity index (χ4v) is 2.82. The molecule has 1 aliphatic rings. The number of nitrogens with zero attached hydrogens (tertiary/aromatic N) is 1. The first kappa shape index (κ1) is 16.2. The first-order chi connectivity index (χ1) is 10.1. The minimum Gasteiger partial charge on any atom is -0.447 e. The maximum atomic E-state index is 13.3. The van der Waals surface area contributed by atoms with Crippen molar-refractivity contribution in [1.29, 1.82) is 0 Å². The Morgan fingerprint density at radius 2 is 1.95 bits per heavy atom. The fraction of sp³-hybridized carbons (Fsp3) is 0.533. The number of ether oxygens (including phenoxy) is 1. The number of amides is 1. The van der Waals surface area contributed by atoms with Crippen LogP contribution < -0.4 is 0 Å². The third-order valence-electron chi connectivity index (χ3n) is 3.59. The van der Waals surface area contributed by atoms with Crippen molar-refractivity contribution in [2.24, 2.45) is 0 Å². The Balaban J connectivity index is 1.97. The Morgan fingerprint density at radius 3 is 2.67 bits per heavy atom. The van der Waals surface area contributed by atoms with E-state index in [0.29, 0.717) is 12.1 Å². The number of carbonyl (C=O) groups excluding carboxylic acids is 1. The van der Waals surface area contributed by atoms with Crippen LogP contribution in [0.3, 0.4) is 0 Å². The molecule has 0 radical (unpaired) electrons. The highest BCUT2D eigenvalue weighted by Crippen LogP contribution is 2.29. The SMILES string of the molecule is O=C1OC[C@H](c2ccc(F)c(F)c2)N1CCCCCCBr. The molecule has 0 aromatic heterocycles. The predicted octanol–water partition coefficient (Wildman–Crippen LogP) is 4.41. The van der Waals surface area contributed by atoms with Crippen molar-refractivity contribution < 1.29 is 18.3 Å². The molecule has 3 nitrogen and oxygen atoms in total. The van der Waals surface area contributed by atoms with Gasteiger partial charge < -0.3 is 4.74 Å². The molecular formula is C15H18BrF2NO2. The molecule has 0 aliphatic carbocycles. The molecule has 0 spiro atoms. The lowest BCUT2D eigenvalue weighted by atomic mass is 10.1. The molecule has 1 aromatic carbocycles. The van der Waals surface area contributed by atoms with Crippen LogP contribution in [0.25, 0.3) is 0 Å². The summed E-state index contributed by atoms with van der Waals surface area (Å²) in [6.07, 6.45) is 3.73. The highest BCUT2D eigenvalue weighted by molar-refractivity contribution is 9.09. The topological polar surface area (TPSA) is 29.5 Å². The second-order valence-corrected chi connectivity index (χ2v) is 5.86. The standard InChI is InChI=1S/C15H18BrF2NO2/c16-7-3-1-2-4-8-19-14(10-21-15(19)20)11-5-6-12(17)13(18)9-11/h5-6,9,14H,1-4,7-8,10H2/t14-/m1/s1. The molecule has 1 amide bonds. The number of alkyl halides is 1. The normalized spacial score (nSPS) is 18.1. The second-order valence-electron chi connectivity index (χ2n) is 5.06. The molecule has 2 rings (SSSR count). The summed E-state index contributed by atoms with van der Waals surface area (Å²) in [5.74, 6) is -1.78. The fourth-order valence-electron chi connectivity index (χ4n) is 2.42. The van der Waals surface area contributed by atoms with Gasteiger partial charge in [-0.15, -0.1) is 0 Å². The van der Waals surface area contributed by atoms with E-state index in [-0.39, 0.29) is 18.7 Å². The van der Waals surface area contributed by atoms with E-state index in [0.717, 1.165) is 43.1 Å². The van der Waals surface area contributed by atoms with Crippen molar-refractivity contribution >= 4 is 22.0 Å². The summed E-state index contributed by atoms with van der Waals surface area (Å²) in [5.41, 5.74) is 0.570. The minimum absolute atomic E-state index is 0.186. The average molecular weight is 362 g/mol. The van der Waals surface area contributed by atoms with Crippen LogP contribution in [0.5, 0.6) is 0 Å². The predicted molar refractivity (Wildman–Crippen MR) is 79.4 cm³/mol. The zero-order valence-electron chi connectivity index (χ0n) is 11.7. The maximum absolute atomic E-state index is 13.3. The quantitative estimate of drug-likeness (QED) is 0.531. The van der Waals surface area contributed by atoms with Crippen LogP contribution in [-0.2, 0) is 4.74 Å². The number of cyclic esters (lactones) is 1. The lowest BCUT2D eigenvalue weighted by Gasteiger charge is -2.21. The zero-order chi connectivity index (χ0) is 15.2. The van der Waals surface area contributed by atoms with Gasteiger partial charge in [0.25, 0.3) is 0 Å². The van der Waals surface area contributed by atoms with E-state index in [4.69, 9.17) is 4.74 Å². The Morgan fingerprint density at radius 1 is 1.19 bits per heavy atom. The number of halogens is 3. The Hall–Kier alpha value is -1.17. The summed E-state index contributed by atoms with van der Waals surface area (Å²) in [4.78, 5) is 13.4. The van der Waals surface area contributed by atoms with Gasteiger partial charge in [-0.1, -0.05) is 34.8 Å². The Bertz CT molecular complexity index is 499. The van der Waals surface area contributed by atoms with Crippen LogP contribution in [0.4, 0.5) is 13.6 Å². The molecule has 0 saturated carbocycles. The van der Waals surface area contributed by atoms with Gasteiger partial charge in [0, 0.05) is 11.9 Å². The Labute approximate surface area is 131 Å². The lowest BCUT2D eigenvalue weighted by Crippen LogP contribution is -2.28. The molecule has 1 heterocycles. The van der Waals surface area contributed by atoms with E-state index >= 15 is 0 Å². The van der Waals surface area contributed by atoms with Crippen LogP contribution in [0.2, 0.25) is 0 Å². The lowest BCUT2D eigenvalue weighted by molar-refractivity contribution is 0.157. The van der Waals surface area contributed by atoms with Gasteiger partial charge in [0.2, 0.25) is 0 Å². The molecule has 1 aromatic rings. The van der Waals surface area contributed by atoms with Crippen LogP contribution in [-0.4, -0.2) is 29.5 Å². The summed E-state index contributed by atoms with van der Waals surface area (Å²) in [6.45, 7) is 0.760. The van der Waals surface area contributed by atoms with Crippen LogP contribution in [0.15, 0.2) is 18.2 Å². The average Bonchev–Trinajstić information content (AvgIpc) is 2.83. The summed E-state index contributed by atoms with van der Waals surface area (Å²) < 4.78 is 31.4. The molecule has 21 heavy (non-hydrogen) atoms. The van der Waals surface area contributed by atoms with Gasteiger partial charge in [-0.2, -0.15) is 0 Å². The summed E-state index contributed by atoms with van der Waals surface area (Å²) in [5, 5.41) is 0.982. The number of hydrogen-bond donors (Lipinski definition) is 0. The number of benzene rings is 1. The summed E-state index contributed by atoms with van der Waals surface area (Å²) >= 11 is 3.38. The molecule has 0 N–H and O–H groups in total. The van der Waals surface area contributed by atoms with Gasteiger partial charge in [0.1, 0.15) is 6.61 Å². The van der Waals surface area contributed by atoms with Gasteiger partial charge in [-0.3, -0.25) is 4.90 Å². The Kier molecular flexibility index (Phi) is 5.96. The maximum Gasteiger partial charge on any atom is 0.410 e. The monoisotopic (exact) mass is 361 g/mol. The highest BCUT2D eigenvalue weighted by Gasteiger charge is 2.33. The van der Waals surface area contributed by atoms with Gasteiger partial charge in [-0.25, -0.2) is 13.6 Å². The van der Waals surface area contributed by atoms with Crippen molar-refractivity contribution in [2.45, 2.75) is 31.7 Å². The van der Waals surface area contributed by atoms with Crippen molar-refractivity contribution in [3.8, 4) is 0 Å². The first-order valence-corrected chi connectivity index (χ1v) is 8.20. The van der Waals surface area contributed by atoms with E-state index in [2.05, 4.69) is 15.9 Å². The molecular weight excluding hydrogens is 344 g/mol. The van der Waals surface area contributed by atoms with Gasteiger partial charge in [0.05, 0.1) is 6.04 Å². The van der Waals surface area contributed by atoms with Gasteiger partial charge in [-0.05, 0) is 30.5 Å². The van der Waals surface area contributed by atoms with Crippen molar-refractivity contribution in [2.75, 3.05) is 18.5 Å². The molecule has 1 saturated heterocycles. The largest absolute Gasteiger partial charge is 0.447 e. The van der Waals surface area contributed by atoms with E-state index < -0.39 is 11.6 Å². The molecule has 1 atom stereocenters. The minimum atomic E-state index is -0.899. The summed E-state index contributed by atoms with van der Waals surface area (Å²) in [7, 11) is 0. The molecule has 116 valence electrons. The molecule has 1 fully saturated rings. The van der Waals surface area contributed by atoms with Crippen LogP contribution in [0, 0.1) is 11.6 Å². The van der Waals surface area contributed by atoms with E-state index in [1.165, 1.54) is 6.07 Å². The number of rotatable bonds is 7. The second kappa shape index (κ2) is 7.73. The zero-order valence-corrected chi connectivity index (χ0v) is 13.2. The van der Waals surface area contributed by atoms with Crippen molar-refractivity contribution in [3.63, 3.8) is 0 Å². The highest BCUT2D eigenvalue weighted by atomic mass is 79.9. The van der Waals surface area contributed by atoms with Crippen LogP contribution in [0.1, 0.15) is 37.3 Å². The third-order valence-corrected chi connectivity index (χ3v) is 4.15. The van der Waals surface area contributed by atoms with Crippen molar-refractivity contribution in [3.05, 3.63) is 35.4 Å². The third kappa shape index (κ3) is 4.15. The first-order valence-electron chi connectivity index (χ1n) is 7.08. The molecule has 0 bridgehead atoms. The molecule has 1 aliphatic heterocycles. The smallest absolute Gasteiger partial charge is 0.410 e. The number of carbonyl (C=O) groups is 1. The van der Waals surface area contributed by atoms with E-state index in [1.54, 1.807) is 4.90 Å². The number of hydrogen-bond acceptors (Lipinski definition) is 2. The van der Waals surface area contributed by atoms with Gasteiger partial charge >= 0.3 is 6.09 Å². The van der Waals surface area contributed by atoms with Crippen molar-refractivity contribution in [1.82, 2.24) is 4.90 Å². The van der Waals surface area contributed by atoms with E-state index in [1.807, 2.05) is 0 Å². The van der Waals surface area contributed by atoms with Gasteiger partial charge in [0.15, 0.2) is 11.6 Å². The van der Waals surface area contributed by atoms with Crippen LogP contribution >= 0.6 is 15.9 Å². The summed E-state index contributed by atoms with van der Waals surface area (Å²) in [6, 6.07) is 3.40. The number of unbranched alkanes of at least 4 members (excludes halogenated alkanes) is 3. The molecule has 0 unspecified atom stereocenters. The molecule has 6 heteroatoms.